The lowest BCUT2D eigenvalue weighted by Crippen LogP contribution is -2.49. The molecule has 0 unspecified atom stereocenters. The fourth-order valence-electron chi connectivity index (χ4n) is 4.09. The van der Waals surface area contributed by atoms with E-state index in [1.54, 1.807) is 23.0 Å². The summed E-state index contributed by atoms with van der Waals surface area (Å²) in [6.07, 6.45) is 7.57. The van der Waals surface area contributed by atoms with Gasteiger partial charge in [-0.1, -0.05) is 31.0 Å². The van der Waals surface area contributed by atoms with E-state index in [2.05, 4.69) is 16.4 Å². The molecule has 1 amide bonds. The highest BCUT2D eigenvalue weighted by atomic mass is 32.2. The number of thiophene rings is 1. The van der Waals surface area contributed by atoms with Crippen LogP contribution in [-0.2, 0) is 24.7 Å². The van der Waals surface area contributed by atoms with Crippen LogP contribution >= 0.6 is 23.1 Å². The first-order valence-electron chi connectivity index (χ1n) is 9.39. The normalized spacial score (nSPS) is 18.2. The molecule has 2 heterocycles. The van der Waals surface area contributed by atoms with E-state index >= 15 is 0 Å². The van der Waals surface area contributed by atoms with Gasteiger partial charge in [0.1, 0.15) is 10.4 Å². The fraction of sp³-hybridized carbons (Fsp3) is 0.579. The number of carbonyl (C=O) groups excluding carboxylic acids is 1. The number of thioether (sulfide) groups is 1. The lowest BCUT2D eigenvalue weighted by molar-refractivity contribution is -0.120. The van der Waals surface area contributed by atoms with Crippen LogP contribution in [0.4, 0.5) is 0 Å². The highest BCUT2D eigenvalue weighted by Crippen LogP contribution is 2.35. The quantitative estimate of drug-likeness (QED) is 0.627. The highest BCUT2D eigenvalue weighted by molar-refractivity contribution is 7.99. The van der Waals surface area contributed by atoms with Crippen molar-refractivity contribution in [3.8, 4) is 6.07 Å². The summed E-state index contributed by atoms with van der Waals surface area (Å²) in [4.78, 5) is 31.9. The van der Waals surface area contributed by atoms with Crippen molar-refractivity contribution in [2.24, 2.45) is 7.05 Å². The van der Waals surface area contributed by atoms with Gasteiger partial charge in [-0.15, -0.1) is 11.3 Å². The maximum Gasteiger partial charge on any atom is 0.262 e. The second kappa shape index (κ2) is 7.28. The maximum absolute atomic E-state index is 12.8. The summed E-state index contributed by atoms with van der Waals surface area (Å²) in [6.45, 7) is 0. The van der Waals surface area contributed by atoms with Crippen LogP contribution in [0.5, 0.6) is 0 Å². The molecule has 0 aliphatic heterocycles. The molecule has 0 spiro atoms. The summed E-state index contributed by atoms with van der Waals surface area (Å²) in [7, 11) is 1.71. The van der Waals surface area contributed by atoms with E-state index in [1.165, 1.54) is 22.2 Å². The zero-order chi connectivity index (χ0) is 19.0. The topological polar surface area (TPSA) is 87.8 Å². The van der Waals surface area contributed by atoms with Gasteiger partial charge in [0.2, 0.25) is 5.91 Å². The molecule has 6 nitrogen and oxygen atoms in total. The first-order chi connectivity index (χ1) is 13.0. The van der Waals surface area contributed by atoms with E-state index in [0.29, 0.717) is 18.0 Å². The third-order valence-electron chi connectivity index (χ3n) is 5.54. The van der Waals surface area contributed by atoms with Crippen LogP contribution in [0.25, 0.3) is 10.2 Å². The van der Waals surface area contributed by atoms with Gasteiger partial charge in [-0.3, -0.25) is 14.2 Å². The minimum absolute atomic E-state index is 0.0249. The summed E-state index contributed by atoms with van der Waals surface area (Å²) < 4.78 is 1.55. The van der Waals surface area contributed by atoms with Crippen molar-refractivity contribution in [2.75, 3.05) is 5.75 Å². The van der Waals surface area contributed by atoms with E-state index < -0.39 is 5.54 Å². The van der Waals surface area contributed by atoms with Crippen LogP contribution in [0.1, 0.15) is 49.0 Å². The van der Waals surface area contributed by atoms with Crippen LogP contribution in [0.3, 0.4) is 0 Å². The predicted molar refractivity (Wildman–Crippen MR) is 107 cm³/mol. The van der Waals surface area contributed by atoms with Crippen LogP contribution < -0.4 is 10.9 Å². The Morgan fingerprint density at radius 1 is 1.33 bits per heavy atom. The lowest BCUT2D eigenvalue weighted by atomic mass is 9.83. The van der Waals surface area contributed by atoms with Crippen molar-refractivity contribution in [2.45, 2.75) is 62.1 Å². The van der Waals surface area contributed by atoms with Crippen LogP contribution in [-0.4, -0.2) is 26.8 Å². The molecule has 0 bridgehead atoms. The Hall–Kier alpha value is -1.85. The molecule has 1 saturated carbocycles. The number of aryl methyl sites for hydroxylation is 2. The molecule has 2 aliphatic carbocycles. The number of fused-ring (bicyclic) bond motifs is 3. The summed E-state index contributed by atoms with van der Waals surface area (Å²) >= 11 is 2.87. The third-order valence-corrected chi connectivity index (χ3v) is 7.75. The Balaban J connectivity index is 1.51. The van der Waals surface area contributed by atoms with Crippen molar-refractivity contribution in [1.82, 2.24) is 14.9 Å². The van der Waals surface area contributed by atoms with Crippen molar-refractivity contribution in [3.05, 3.63) is 20.8 Å². The number of carbonyl (C=O) groups is 1. The van der Waals surface area contributed by atoms with Gasteiger partial charge in [-0.25, -0.2) is 4.98 Å². The summed E-state index contributed by atoms with van der Waals surface area (Å²) in [6, 6.07) is 2.30. The Morgan fingerprint density at radius 2 is 2.11 bits per heavy atom. The number of aromatic nitrogens is 2. The molecular formula is C19H22N4O2S2. The van der Waals surface area contributed by atoms with Crippen molar-refractivity contribution < 1.29 is 4.79 Å². The summed E-state index contributed by atoms with van der Waals surface area (Å²) in [5, 5.41) is 13.7. The summed E-state index contributed by atoms with van der Waals surface area (Å²) in [5.74, 6) is -0.0215. The van der Waals surface area contributed by atoms with Gasteiger partial charge in [0, 0.05) is 11.9 Å². The first-order valence-corrected chi connectivity index (χ1v) is 11.2. The van der Waals surface area contributed by atoms with Gasteiger partial charge >= 0.3 is 0 Å². The van der Waals surface area contributed by atoms with Crippen LogP contribution in [0, 0.1) is 11.3 Å². The van der Waals surface area contributed by atoms with Gasteiger partial charge in [0.05, 0.1) is 17.2 Å². The smallest absolute Gasteiger partial charge is 0.262 e. The van der Waals surface area contributed by atoms with E-state index in [0.717, 1.165) is 48.7 Å². The fourth-order valence-corrected chi connectivity index (χ4v) is 6.16. The number of nitriles is 1. The van der Waals surface area contributed by atoms with Crippen molar-refractivity contribution in [1.29, 1.82) is 5.26 Å². The first kappa shape index (κ1) is 18.5. The van der Waals surface area contributed by atoms with E-state index in [-0.39, 0.29) is 17.2 Å². The third kappa shape index (κ3) is 3.39. The van der Waals surface area contributed by atoms with Crippen LogP contribution in [0.2, 0.25) is 0 Å². The number of nitrogens with zero attached hydrogens (tertiary/aromatic N) is 3. The van der Waals surface area contributed by atoms with Gasteiger partial charge in [0.15, 0.2) is 5.16 Å². The van der Waals surface area contributed by atoms with Gasteiger partial charge in [0.25, 0.3) is 5.56 Å². The number of hydrogen-bond acceptors (Lipinski definition) is 6. The molecule has 0 saturated heterocycles. The zero-order valence-corrected chi connectivity index (χ0v) is 17.0. The molecule has 8 heteroatoms. The Morgan fingerprint density at radius 3 is 2.85 bits per heavy atom. The minimum Gasteiger partial charge on any atom is -0.337 e. The zero-order valence-electron chi connectivity index (χ0n) is 15.3. The second-order valence-electron chi connectivity index (χ2n) is 7.39. The Labute approximate surface area is 166 Å². The maximum atomic E-state index is 12.8. The SMILES string of the molecule is Cn1c(SCC(=O)NC2(C#N)CCCCC2)nc2sc3c(c2c1=O)CCC3. The average molecular weight is 403 g/mol. The molecule has 0 atom stereocenters. The largest absolute Gasteiger partial charge is 0.337 e. The monoisotopic (exact) mass is 402 g/mol. The number of nitrogens with one attached hydrogen (secondary N) is 1. The minimum atomic E-state index is -0.728. The summed E-state index contributed by atoms with van der Waals surface area (Å²) in [5.41, 5.74) is 0.419. The molecule has 2 aromatic rings. The predicted octanol–water partition coefficient (Wildman–Crippen LogP) is 2.92. The molecule has 142 valence electrons. The Kier molecular flexibility index (Phi) is 4.99. The number of rotatable bonds is 4. The molecule has 2 aliphatic rings. The van der Waals surface area contributed by atoms with Crippen molar-refractivity contribution >= 4 is 39.2 Å². The number of hydrogen-bond donors (Lipinski definition) is 1. The Bertz CT molecular complexity index is 996. The van der Waals surface area contributed by atoms with Gasteiger partial charge < -0.3 is 5.32 Å². The molecule has 1 N–H and O–H groups in total. The van der Waals surface area contributed by atoms with Gasteiger partial charge in [-0.2, -0.15) is 5.26 Å². The van der Waals surface area contributed by atoms with Crippen LogP contribution in [0.15, 0.2) is 9.95 Å². The molecular weight excluding hydrogens is 380 g/mol. The molecule has 1 fully saturated rings. The molecule has 0 aromatic carbocycles. The van der Waals surface area contributed by atoms with E-state index in [1.807, 2.05) is 0 Å². The number of amides is 1. The second-order valence-corrected chi connectivity index (χ2v) is 9.41. The van der Waals surface area contributed by atoms with E-state index in [4.69, 9.17) is 0 Å². The molecule has 0 radical (unpaired) electrons. The molecule has 4 rings (SSSR count). The van der Waals surface area contributed by atoms with Gasteiger partial charge in [-0.05, 0) is 37.7 Å². The molecule has 27 heavy (non-hydrogen) atoms. The highest BCUT2D eigenvalue weighted by Gasteiger charge is 2.33. The average Bonchev–Trinajstić information content (AvgIpc) is 3.25. The van der Waals surface area contributed by atoms with E-state index in [9.17, 15) is 14.9 Å². The lowest BCUT2D eigenvalue weighted by Gasteiger charge is -2.31. The molecule has 2 aromatic heterocycles. The van der Waals surface area contributed by atoms with Crippen molar-refractivity contribution in [3.63, 3.8) is 0 Å². The standard InChI is InChI=1S/C19H22N4O2S2/c1-23-17(25)15-12-6-5-7-13(12)27-16(15)21-18(23)26-10-14(24)22-19(11-20)8-3-2-4-9-19/h2-10H2,1H3,(H,22,24).